The molecule has 5 nitrogen and oxygen atoms in total. The van der Waals surface area contributed by atoms with Gasteiger partial charge in [0, 0.05) is 22.5 Å². The van der Waals surface area contributed by atoms with E-state index in [9.17, 15) is 9.59 Å². The standard InChI is InChI=1S/C23H21BrO5S/c1-15(25)18-7-6-17(28-13-16-10-11-30-14-16)12-22(18)29-21(8-9-23(26)27)19-4-2-3-5-20(19)24/h2-7,10-12,14,21H,8-9,13H2,1H3,(H,26,27)/t21-/m0/s1. The minimum absolute atomic E-state index is 0.0598. The van der Waals surface area contributed by atoms with Crippen LogP contribution in [0.5, 0.6) is 11.5 Å². The number of hydrogen-bond acceptors (Lipinski definition) is 5. The maximum atomic E-state index is 12.2. The van der Waals surface area contributed by atoms with Gasteiger partial charge in [-0.3, -0.25) is 9.59 Å². The van der Waals surface area contributed by atoms with Crippen molar-refractivity contribution in [2.24, 2.45) is 0 Å². The first kappa shape index (κ1) is 22.1. The van der Waals surface area contributed by atoms with Crippen LogP contribution in [0.4, 0.5) is 0 Å². The Kier molecular flexibility index (Phi) is 7.65. The Morgan fingerprint density at radius 1 is 1.17 bits per heavy atom. The van der Waals surface area contributed by atoms with Gasteiger partial charge in [-0.1, -0.05) is 34.1 Å². The summed E-state index contributed by atoms with van der Waals surface area (Å²) in [5.74, 6) is -0.101. The van der Waals surface area contributed by atoms with E-state index in [-0.39, 0.29) is 18.6 Å². The number of halogens is 1. The lowest BCUT2D eigenvalue weighted by atomic mass is 10.0. The fourth-order valence-electron chi connectivity index (χ4n) is 2.94. The van der Waals surface area contributed by atoms with Gasteiger partial charge in [0.1, 0.15) is 24.2 Å². The van der Waals surface area contributed by atoms with Gasteiger partial charge >= 0.3 is 5.97 Å². The summed E-state index contributed by atoms with van der Waals surface area (Å²) in [6.45, 7) is 1.88. The number of rotatable bonds is 10. The van der Waals surface area contributed by atoms with Crippen LogP contribution >= 0.6 is 27.3 Å². The summed E-state index contributed by atoms with van der Waals surface area (Å²) in [6.07, 6.45) is -0.340. The number of benzene rings is 2. The third-order valence-corrected chi connectivity index (χ3v) is 5.91. The first-order chi connectivity index (χ1) is 14.4. The Morgan fingerprint density at radius 3 is 2.63 bits per heavy atom. The van der Waals surface area contributed by atoms with Crippen LogP contribution in [0.2, 0.25) is 0 Å². The molecule has 1 atom stereocenters. The van der Waals surface area contributed by atoms with Crippen molar-refractivity contribution < 1.29 is 24.2 Å². The van der Waals surface area contributed by atoms with Gasteiger partial charge in [-0.2, -0.15) is 11.3 Å². The lowest BCUT2D eigenvalue weighted by molar-refractivity contribution is -0.137. The molecule has 0 saturated carbocycles. The number of hydrogen-bond donors (Lipinski definition) is 1. The van der Waals surface area contributed by atoms with E-state index in [0.717, 1.165) is 15.6 Å². The van der Waals surface area contributed by atoms with Crippen LogP contribution < -0.4 is 9.47 Å². The summed E-state index contributed by atoms with van der Waals surface area (Å²) in [7, 11) is 0. The molecule has 30 heavy (non-hydrogen) atoms. The Hall–Kier alpha value is -2.64. The normalized spacial score (nSPS) is 11.7. The van der Waals surface area contributed by atoms with Crippen molar-refractivity contribution in [3.63, 3.8) is 0 Å². The lowest BCUT2D eigenvalue weighted by Gasteiger charge is -2.22. The first-order valence-electron chi connectivity index (χ1n) is 9.35. The van der Waals surface area contributed by atoms with Crippen LogP contribution in [-0.4, -0.2) is 16.9 Å². The average Bonchev–Trinajstić information content (AvgIpc) is 3.23. The van der Waals surface area contributed by atoms with Crippen molar-refractivity contribution in [2.45, 2.75) is 32.5 Å². The van der Waals surface area contributed by atoms with Crippen molar-refractivity contribution in [3.05, 3.63) is 80.5 Å². The third kappa shape index (κ3) is 5.93. The van der Waals surface area contributed by atoms with E-state index in [0.29, 0.717) is 23.7 Å². The van der Waals surface area contributed by atoms with Crippen LogP contribution in [0.15, 0.2) is 63.8 Å². The zero-order valence-electron chi connectivity index (χ0n) is 16.3. The fraction of sp³-hybridized carbons (Fsp3) is 0.217. The molecule has 1 aromatic heterocycles. The average molecular weight is 489 g/mol. The van der Waals surface area contributed by atoms with Gasteiger partial charge in [-0.15, -0.1) is 0 Å². The molecule has 2 aromatic carbocycles. The molecule has 3 aromatic rings. The summed E-state index contributed by atoms with van der Waals surface area (Å²) >= 11 is 5.11. The number of carbonyl (C=O) groups is 2. The van der Waals surface area contributed by atoms with Gasteiger partial charge in [0.05, 0.1) is 5.56 Å². The number of carboxylic acid groups (broad SMARTS) is 1. The molecule has 0 aliphatic carbocycles. The Morgan fingerprint density at radius 2 is 1.97 bits per heavy atom. The second-order valence-corrected chi connectivity index (χ2v) is 8.33. The predicted molar refractivity (Wildman–Crippen MR) is 119 cm³/mol. The molecule has 1 N–H and O–H groups in total. The number of ketones is 1. The number of thiophene rings is 1. The highest BCUT2D eigenvalue weighted by molar-refractivity contribution is 9.10. The minimum atomic E-state index is -0.907. The van der Waals surface area contributed by atoms with Crippen molar-refractivity contribution in [2.75, 3.05) is 0 Å². The highest BCUT2D eigenvalue weighted by Crippen LogP contribution is 2.34. The fourth-order valence-corrected chi connectivity index (χ4v) is 4.14. The molecule has 0 unspecified atom stereocenters. The molecule has 0 radical (unpaired) electrons. The van der Waals surface area contributed by atoms with Gasteiger partial charge in [0.25, 0.3) is 0 Å². The number of Topliss-reactive ketones (excluding diaryl/α,β-unsaturated/α-hetero) is 1. The zero-order valence-corrected chi connectivity index (χ0v) is 18.7. The third-order valence-electron chi connectivity index (χ3n) is 4.46. The van der Waals surface area contributed by atoms with E-state index in [2.05, 4.69) is 15.9 Å². The highest BCUT2D eigenvalue weighted by Gasteiger charge is 2.21. The van der Waals surface area contributed by atoms with Crippen LogP contribution in [0.1, 0.15) is 47.4 Å². The Labute approximate surface area is 187 Å². The highest BCUT2D eigenvalue weighted by atomic mass is 79.9. The second-order valence-electron chi connectivity index (χ2n) is 6.69. The minimum Gasteiger partial charge on any atom is -0.489 e. The smallest absolute Gasteiger partial charge is 0.303 e. The molecule has 1 heterocycles. The SMILES string of the molecule is CC(=O)c1ccc(OCc2ccsc2)cc1O[C@@H](CCC(=O)O)c1ccccc1Br. The molecule has 156 valence electrons. The van der Waals surface area contributed by atoms with Gasteiger partial charge in [0.2, 0.25) is 0 Å². The maximum absolute atomic E-state index is 12.2. The molecule has 3 rings (SSSR count). The van der Waals surface area contributed by atoms with Crippen molar-refractivity contribution in [1.29, 1.82) is 0 Å². The molecule has 0 bridgehead atoms. The Balaban J connectivity index is 1.88. The van der Waals surface area contributed by atoms with E-state index >= 15 is 0 Å². The number of carboxylic acids is 1. The van der Waals surface area contributed by atoms with E-state index in [1.54, 1.807) is 29.5 Å². The van der Waals surface area contributed by atoms with E-state index in [4.69, 9.17) is 14.6 Å². The summed E-state index contributed by atoms with van der Waals surface area (Å²) in [5, 5.41) is 13.1. The molecule has 0 aliphatic heterocycles. The predicted octanol–water partition coefficient (Wildman–Crippen LogP) is 6.28. The lowest BCUT2D eigenvalue weighted by Crippen LogP contribution is -2.13. The quantitative estimate of drug-likeness (QED) is 0.340. The maximum Gasteiger partial charge on any atom is 0.303 e. The van der Waals surface area contributed by atoms with Crippen molar-refractivity contribution in [1.82, 2.24) is 0 Å². The van der Waals surface area contributed by atoms with Crippen LogP contribution in [0.3, 0.4) is 0 Å². The van der Waals surface area contributed by atoms with Crippen LogP contribution in [0.25, 0.3) is 0 Å². The molecular weight excluding hydrogens is 468 g/mol. The van der Waals surface area contributed by atoms with E-state index < -0.39 is 12.1 Å². The number of aliphatic carboxylic acids is 1. The summed E-state index contributed by atoms with van der Waals surface area (Å²) in [6, 6.07) is 14.6. The van der Waals surface area contributed by atoms with Gasteiger partial charge in [-0.25, -0.2) is 0 Å². The molecule has 0 amide bonds. The molecule has 7 heteroatoms. The second kappa shape index (κ2) is 10.4. The van der Waals surface area contributed by atoms with Gasteiger partial charge in [-0.05, 0) is 53.9 Å². The van der Waals surface area contributed by atoms with Crippen LogP contribution in [0, 0.1) is 0 Å². The summed E-state index contributed by atoms with van der Waals surface area (Å²) in [5.41, 5.74) is 2.30. The summed E-state index contributed by atoms with van der Waals surface area (Å²) < 4.78 is 12.9. The molecular formula is C23H21BrO5S. The number of ether oxygens (including phenoxy) is 2. The molecule has 0 spiro atoms. The monoisotopic (exact) mass is 488 g/mol. The van der Waals surface area contributed by atoms with Gasteiger partial charge < -0.3 is 14.6 Å². The number of carbonyl (C=O) groups excluding carboxylic acids is 1. The molecule has 0 fully saturated rings. The Bertz CT molecular complexity index is 1020. The van der Waals surface area contributed by atoms with E-state index in [1.807, 2.05) is 41.1 Å². The largest absolute Gasteiger partial charge is 0.489 e. The van der Waals surface area contributed by atoms with Crippen molar-refractivity contribution >= 4 is 39.0 Å². The molecule has 0 aliphatic rings. The van der Waals surface area contributed by atoms with E-state index in [1.165, 1.54) is 6.92 Å². The van der Waals surface area contributed by atoms with Gasteiger partial charge in [0.15, 0.2) is 5.78 Å². The van der Waals surface area contributed by atoms with Crippen LogP contribution in [-0.2, 0) is 11.4 Å². The van der Waals surface area contributed by atoms with Crippen molar-refractivity contribution in [3.8, 4) is 11.5 Å². The topological polar surface area (TPSA) is 72.8 Å². The first-order valence-corrected chi connectivity index (χ1v) is 11.1. The molecule has 0 saturated heterocycles. The summed E-state index contributed by atoms with van der Waals surface area (Å²) in [4.78, 5) is 23.3. The zero-order chi connectivity index (χ0) is 21.5.